The van der Waals surface area contributed by atoms with Gasteiger partial charge in [-0.15, -0.1) is 0 Å². The number of benzene rings is 1. The molecule has 0 aliphatic rings. The average Bonchev–Trinajstić information content (AvgIpc) is 2.96. The van der Waals surface area contributed by atoms with Crippen LogP contribution in [0.15, 0.2) is 22.7 Å². The molecule has 0 aliphatic heterocycles. The summed E-state index contributed by atoms with van der Waals surface area (Å²) in [5.74, 6) is 2.47. The molecule has 20 heavy (non-hydrogen) atoms. The highest BCUT2D eigenvalue weighted by atomic mass is 16.5. The Morgan fingerprint density at radius 3 is 2.45 bits per heavy atom. The fourth-order valence-corrected chi connectivity index (χ4v) is 1.75. The lowest BCUT2D eigenvalue weighted by Gasteiger charge is -2.05. The summed E-state index contributed by atoms with van der Waals surface area (Å²) >= 11 is 0. The van der Waals surface area contributed by atoms with E-state index in [1.54, 1.807) is 20.3 Å². The molecule has 1 heterocycles. The first-order valence-electron chi connectivity index (χ1n) is 6.53. The fraction of sp³-hybridized carbons (Fsp3) is 0.429. The Labute approximate surface area is 118 Å². The number of hydrogen-bond acceptors (Lipinski definition) is 6. The highest BCUT2D eigenvalue weighted by Gasteiger charge is 2.11. The van der Waals surface area contributed by atoms with Crippen LogP contribution in [0.2, 0.25) is 0 Å². The van der Waals surface area contributed by atoms with Crippen molar-refractivity contribution in [2.24, 2.45) is 0 Å². The molecule has 6 heteroatoms. The van der Waals surface area contributed by atoms with E-state index in [4.69, 9.17) is 14.0 Å². The van der Waals surface area contributed by atoms with Crippen LogP contribution >= 0.6 is 0 Å². The molecule has 0 unspecified atom stereocenters. The van der Waals surface area contributed by atoms with Gasteiger partial charge >= 0.3 is 0 Å². The minimum Gasteiger partial charge on any atom is -0.497 e. The van der Waals surface area contributed by atoms with Gasteiger partial charge in [0.05, 0.1) is 20.8 Å². The molecule has 0 aliphatic carbocycles. The van der Waals surface area contributed by atoms with Crippen molar-refractivity contribution >= 4 is 0 Å². The summed E-state index contributed by atoms with van der Waals surface area (Å²) < 4.78 is 15.7. The molecular weight excluding hydrogens is 258 g/mol. The smallest absolute Gasteiger partial charge is 0.240 e. The van der Waals surface area contributed by atoms with Crippen molar-refractivity contribution < 1.29 is 14.0 Å². The first-order valence-corrected chi connectivity index (χ1v) is 6.53. The number of ether oxygens (including phenoxy) is 2. The monoisotopic (exact) mass is 277 g/mol. The number of nitrogens with one attached hydrogen (secondary N) is 1. The Morgan fingerprint density at radius 2 is 1.85 bits per heavy atom. The zero-order valence-electron chi connectivity index (χ0n) is 12.0. The zero-order valence-corrected chi connectivity index (χ0v) is 12.0. The first-order chi connectivity index (χ1) is 9.76. The molecule has 0 spiro atoms. The van der Waals surface area contributed by atoms with Crippen molar-refractivity contribution in [3.63, 3.8) is 0 Å². The Balaban J connectivity index is 2.18. The molecule has 0 radical (unpaired) electrons. The summed E-state index contributed by atoms with van der Waals surface area (Å²) in [7, 11) is 3.21. The van der Waals surface area contributed by atoms with Gasteiger partial charge < -0.3 is 19.3 Å². The fourth-order valence-electron chi connectivity index (χ4n) is 1.75. The van der Waals surface area contributed by atoms with Crippen molar-refractivity contribution in [3.05, 3.63) is 24.1 Å². The molecule has 0 fully saturated rings. The van der Waals surface area contributed by atoms with Gasteiger partial charge in [0.2, 0.25) is 11.7 Å². The zero-order chi connectivity index (χ0) is 14.4. The molecule has 0 amide bonds. The van der Waals surface area contributed by atoms with Gasteiger partial charge in [-0.1, -0.05) is 12.1 Å². The Morgan fingerprint density at radius 1 is 1.15 bits per heavy atom. The van der Waals surface area contributed by atoms with Crippen molar-refractivity contribution in [2.45, 2.75) is 19.9 Å². The highest BCUT2D eigenvalue weighted by Crippen LogP contribution is 2.28. The number of rotatable bonds is 7. The van der Waals surface area contributed by atoms with E-state index >= 15 is 0 Å². The van der Waals surface area contributed by atoms with Crippen LogP contribution in [0.3, 0.4) is 0 Å². The van der Waals surface area contributed by atoms with Crippen LogP contribution < -0.4 is 14.8 Å². The van der Waals surface area contributed by atoms with E-state index in [-0.39, 0.29) is 0 Å². The summed E-state index contributed by atoms with van der Waals surface area (Å²) in [6, 6.07) is 5.49. The Bertz CT molecular complexity index is 532. The normalized spacial score (nSPS) is 10.6. The second-order valence-electron chi connectivity index (χ2n) is 4.29. The predicted molar refractivity (Wildman–Crippen MR) is 74.8 cm³/mol. The van der Waals surface area contributed by atoms with Gasteiger partial charge in [-0.05, 0) is 25.1 Å². The van der Waals surface area contributed by atoms with Gasteiger partial charge in [-0.2, -0.15) is 4.98 Å². The SMILES string of the molecule is CCCNCc1nc(-c2cc(OC)cc(OC)c2)no1. The molecule has 108 valence electrons. The third kappa shape index (κ3) is 3.48. The molecule has 0 bridgehead atoms. The van der Waals surface area contributed by atoms with E-state index in [1.165, 1.54) is 0 Å². The van der Waals surface area contributed by atoms with Crippen molar-refractivity contribution in [1.29, 1.82) is 0 Å². The van der Waals surface area contributed by atoms with Crippen LogP contribution in [-0.4, -0.2) is 30.9 Å². The molecule has 2 aromatic rings. The maximum atomic E-state index is 5.23. The average molecular weight is 277 g/mol. The van der Waals surface area contributed by atoms with Crippen molar-refractivity contribution in [3.8, 4) is 22.9 Å². The van der Waals surface area contributed by atoms with Crippen LogP contribution in [0.1, 0.15) is 19.2 Å². The summed E-state index contributed by atoms with van der Waals surface area (Å²) in [4.78, 5) is 4.35. The maximum Gasteiger partial charge on any atom is 0.240 e. The first kappa shape index (κ1) is 14.3. The second kappa shape index (κ2) is 6.91. The van der Waals surface area contributed by atoms with E-state index in [2.05, 4.69) is 22.4 Å². The van der Waals surface area contributed by atoms with Crippen LogP contribution in [0.25, 0.3) is 11.4 Å². The third-order valence-corrected chi connectivity index (χ3v) is 2.78. The second-order valence-corrected chi connectivity index (χ2v) is 4.29. The molecule has 6 nitrogen and oxygen atoms in total. The summed E-state index contributed by atoms with van der Waals surface area (Å²) in [5, 5.41) is 7.19. The van der Waals surface area contributed by atoms with Gasteiger partial charge in [0.15, 0.2) is 0 Å². The van der Waals surface area contributed by atoms with Crippen LogP contribution in [0.4, 0.5) is 0 Å². The van der Waals surface area contributed by atoms with E-state index in [1.807, 2.05) is 12.1 Å². The van der Waals surface area contributed by atoms with Crippen molar-refractivity contribution in [2.75, 3.05) is 20.8 Å². The predicted octanol–water partition coefficient (Wildman–Crippen LogP) is 2.25. The van der Waals surface area contributed by atoms with Gasteiger partial charge in [0.1, 0.15) is 11.5 Å². The summed E-state index contributed by atoms with van der Waals surface area (Å²) in [6.45, 7) is 3.60. The lowest BCUT2D eigenvalue weighted by atomic mass is 10.2. The van der Waals surface area contributed by atoms with Crippen LogP contribution in [0.5, 0.6) is 11.5 Å². The van der Waals surface area contributed by atoms with E-state index in [0.29, 0.717) is 29.8 Å². The van der Waals surface area contributed by atoms with Gasteiger partial charge in [-0.3, -0.25) is 0 Å². The minimum absolute atomic E-state index is 0.524. The Kier molecular flexibility index (Phi) is 4.95. The van der Waals surface area contributed by atoms with Crippen LogP contribution in [-0.2, 0) is 6.54 Å². The number of hydrogen-bond donors (Lipinski definition) is 1. The molecule has 0 atom stereocenters. The lowest BCUT2D eigenvalue weighted by Crippen LogP contribution is -2.13. The van der Waals surface area contributed by atoms with E-state index < -0.39 is 0 Å². The van der Waals surface area contributed by atoms with Gasteiger partial charge in [0, 0.05) is 11.6 Å². The Hall–Kier alpha value is -2.08. The van der Waals surface area contributed by atoms with Crippen LogP contribution in [0, 0.1) is 0 Å². The summed E-state index contributed by atoms with van der Waals surface area (Å²) in [5.41, 5.74) is 0.798. The van der Waals surface area contributed by atoms with Gasteiger partial charge in [0.25, 0.3) is 0 Å². The molecule has 1 N–H and O–H groups in total. The third-order valence-electron chi connectivity index (χ3n) is 2.78. The van der Waals surface area contributed by atoms with Crippen molar-refractivity contribution in [1.82, 2.24) is 15.5 Å². The lowest BCUT2D eigenvalue weighted by molar-refractivity contribution is 0.368. The molecule has 1 aromatic carbocycles. The minimum atomic E-state index is 0.524. The van der Waals surface area contributed by atoms with E-state index in [0.717, 1.165) is 18.5 Å². The number of methoxy groups -OCH3 is 2. The summed E-state index contributed by atoms with van der Waals surface area (Å²) in [6.07, 6.45) is 1.06. The number of aromatic nitrogens is 2. The quantitative estimate of drug-likeness (QED) is 0.783. The largest absolute Gasteiger partial charge is 0.497 e. The van der Waals surface area contributed by atoms with Gasteiger partial charge in [-0.25, -0.2) is 0 Å². The topological polar surface area (TPSA) is 69.4 Å². The molecule has 1 aromatic heterocycles. The molecule has 0 saturated carbocycles. The highest BCUT2D eigenvalue weighted by molar-refractivity contribution is 5.60. The van der Waals surface area contributed by atoms with E-state index in [9.17, 15) is 0 Å². The molecule has 0 saturated heterocycles. The number of nitrogens with zero attached hydrogens (tertiary/aromatic N) is 2. The molecule has 2 rings (SSSR count). The maximum absolute atomic E-state index is 5.23. The standard InChI is InChI=1S/C14H19N3O3/c1-4-5-15-9-13-16-14(17-20-13)10-6-11(18-2)8-12(7-10)19-3/h6-8,15H,4-5,9H2,1-3H3. The molecular formula is C14H19N3O3.